The van der Waals surface area contributed by atoms with E-state index >= 15 is 0 Å². The average Bonchev–Trinajstić information content (AvgIpc) is 3.34. The van der Waals surface area contributed by atoms with Crippen LogP contribution in [0, 0.1) is 0 Å². The maximum atomic E-state index is 13.8. The molecular formula is C24H19F3N4O4S. The maximum Gasteiger partial charge on any atom is 0.417 e. The van der Waals surface area contributed by atoms with Gasteiger partial charge in [0.25, 0.3) is 0 Å². The molecule has 3 aromatic carbocycles. The molecule has 0 aliphatic heterocycles. The number of amides is 1. The van der Waals surface area contributed by atoms with E-state index < -0.39 is 27.7 Å². The number of nitrogens with one attached hydrogen (secondary N) is 1. The van der Waals surface area contributed by atoms with Crippen molar-refractivity contribution in [3.63, 3.8) is 0 Å². The summed E-state index contributed by atoms with van der Waals surface area (Å²) in [4.78, 5) is 10.7. The predicted octanol–water partition coefficient (Wildman–Crippen LogP) is 4.24. The van der Waals surface area contributed by atoms with E-state index in [1.807, 2.05) is 0 Å². The SMILES string of the molecule is NC(=O)CCNS(=O)(=O)c1ccc(-c2nnc(-c3ccc(-c4ccccc4)c(C(F)(F)F)c3)o2)cc1. The van der Waals surface area contributed by atoms with Crippen molar-refractivity contribution >= 4 is 15.9 Å². The summed E-state index contributed by atoms with van der Waals surface area (Å²) in [5, 5.41) is 7.74. The summed E-state index contributed by atoms with van der Waals surface area (Å²) in [6.45, 7) is -0.143. The quantitative estimate of drug-likeness (QED) is 0.361. The summed E-state index contributed by atoms with van der Waals surface area (Å²) in [6, 6.07) is 17.4. The van der Waals surface area contributed by atoms with Gasteiger partial charge in [0.1, 0.15) is 0 Å². The third kappa shape index (κ3) is 5.61. The number of benzene rings is 3. The summed E-state index contributed by atoms with van der Waals surface area (Å²) < 4.78 is 73.8. The van der Waals surface area contributed by atoms with Crippen LogP contribution in [-0.2, 0) is 21.0 Å². The van der Waals surface area contributed by atoms with Gasteiger partial charge in [-0.3, -0.25) is 4.79 Å². The van der Waals surface area contributed by atoms with E-state index in [4.69, 9.17) is 10.2 Å². The van der Waals surface area contributed by atoms with Crippen molar-refractivity contribution in [3.05, 3.63) is 78.4 Å². The molecule has 8 nitrogen and oxygen atoms in total. The number of halogens is 3. The second kappa shape index (κ2) is 9.91. The standard InChI is InChI=1S/C24H19F3N4O4S/c25-24(26,27)20-14-17(8-11-19(20)15-4-2-1-3-5-15)23-31-30-22(35-23)16-6-9-18(10-7-16)36(33,34)29-13-12-21(28)32/h1-11,14,29H,12-13H2,(H2,28,32). The number of aromatic nitrogens is 2. The molecule has 0 radical (unpaired) electrons. The Kier molecular flexibility index (Phi) is 6.91. The average molecular weight is 517 g/mol. The van der Waals surface area contributed by atoms with Gasteiger partial charge in [0.05, 0.1) is 10.5 Å². The highest BCUT2D eigenvalue weighted by Gasteiger charge is 2.34. The van der Waals surface area contributed by atoms with Crippen molar-refractivity contribution < 1.29 is 30.8 Å². The first-order valence-electron chi connectivity index (χ1n) is 10.5. The molecule has 0 aliphatic carbocycles. The Morgan fingerprint density at radius 3 is 2.11 bits per heavy atom. The Balaban J connectivity index is 1.59. The molecule has 3 N–H and O–H groups in total. The van der Waals surface area contributed by atoms with Crippen LogP contribution in [0.2, 0.25) is 0 Å². The molecule has 1 amide bonds. The number of carbonyl (C=O) groups excluding carboxylic acids is 1. The van der Waals surface area contributed by atoms with Crippen molar-refractivity contribution in [1.29, 1.82) is 0 Å². The van der Waals surface area contributed by atoms with E-state index in [2.05, 4.69) is 14.9 Å². The first-order chi connectivity index (χ1) is 17.0. The van der Waals surface area contributed by atoms with Crippen molar-refractivity contribution in [2.24, 2.45) is 5.73 Å². The fraction of sp³-hybridized carbons (Fsp3) is 0.125. The Morgan fingerprint density at radius 1 is 0.889 bits per heavy atom. The molecule has 0 fully saturated rings. The van der Waals surface area contributed by atoms with Crippen LogP contribution >= 0.6 is 0 Å². The summed E-state index contributed by atoms with van der Waals surface area (Å²) >= 11 is 0. The second-order valence-electron chi connectivity index (χ2n) is 7.67. The Hall–Kier alpha value is -4.03. The normalized spacial score (nSPS) is 12.0. The minimum Gasteiger partial charge on any atom is -0.416 e. The van der Waals surface area contributed by atoms with Crippen LogP contribution in [0.3, 0.4) is 0 Å². The number of hydrogen-bond acceptors (Lipinski definition) is 6. The summed E-state index contributed by atoms with van der Waals surface area (Å²) in [5.74, 6) is -0.770. The number of primary amides is 1. The van der Waals surface area contributed by atoms with Crippen LogP contribution in [0.1, 0.15) is 12.0 Å². The lowest BCUT2D eigenvalue weighted by Gasteiger charge is -2.14. The lowest BCUT2D eigenvalue weighted by molar-refractivity contribution is -0.137. The molecule has 4 aromatic rings. The summed E-state index contributed by atoms with van der Waals surface area (Å²) in [6.07, 6.45) is -4.76. The molecule has 36 heavy (non-hydrogen) atoms. The first kappa shape index (κ1) is 25.1. The number of hydrogen-bond donors (Lipinski definition) is 2. The van der Waals surface area contributed by atoms with Crippen LogP contribution in [0.15, 0.2) is 82.1 Å². The number of nitrogens with two attached hydrogens (primary N) is 1. The Bertz CT molecular complexity index is 1490. The van der Waals surface area contributed by atoms with Gasteiger partial charge in [-0.2, -0.15) is 13.2 Å². The second-order valence-corrected chi connectivity index (χ2v) is 9.44. The van der Waals surface area contributed by atoms with E-state index in [0.717, 1.165) is 6.07 Å². The molecule has 186 valence electrons. The smallest absolute Gasteiger partial charge is 0.416 e. The Labute approximate surface area is 204 Å². The highest BCUT2D eigenvalue weighted by molar-refractivity contribution is 7.89. The highest BCUT2D eigenvalue weighted by Crippen LogP contribution is 2.39. The van der Waals surface area contributed by atoms with Crippen LogP contribution in [0.4, 0.5) is 13.2 Å². The lowest BCUT2D eigenvalue weighted by atomic mass is 9.97. The van der Waals surface area contributed by atoms with Gasteiger partial charge in [0.15, 0.2) is 0 Å². The van der Waals surface area contributed by atoms with Crippen molar-refractivity contribution in [3.8, 4) is 34.0 Å². The molecule has 1 heterocycles. The largest absolute Gasteiger partial charge is 0.417 e. The molecule has 0 atom stereocenters. The zero-order valence-corrected chi connectivity index (χ0v) is 19.3. The van der Waals surface area contributed by atoms with Crippen molar-refractivity contribution in [2.45, 2.75) is 17.5 Å². The molecule has 4 rings (SSSR count). The summed E-state index contributed by atoms with van der Waals surface area (Å²) in [5.41, 5.74) is 5.04. The lowest BCUT2D eigenvalue weighted by Crippen LogP contribution is -2.28. The number of nitrogens with zero attached hydrogens (tertiary/aromatic N) is 2. The number of rotatable bonds is 8. The van der Waals surface area contributed by atoms with Crippen molar-refractivity contribution in [1.82, 2.24) is 14.9 Å². The third-order valence-electron chi connectivity index (χ3n) is 5.16. The van der Waals surface area contributed by atoms with E-state index in [1.54, 1.807) is 30.3 Å². The molecule has 0 spiro atoms. The first-order valence-corrected chi connectivity index (χ1v) is 12.0. The van der Waals surface area contributed by atoms with Gasteiger partial charge in [0, 0.05) is 24.1 Å². The third-order valence-corrected chi connectivity index (χ3v) is 6.63. The van der Waals surface area contributed by atoms with Gasteiger partial charge < -0.3 is 10.2 Å². The monoisotopic (exact) mass is 516 g/mol. The van der Waals surface area contributed by atoms with Crippen LogP contribution in [0.25, 0.3) is 34.0 Å². The van der Waals surface area contributed by atoms with Gasteiger partial charge in [0.2, 0.25) is 27.7 Å². The van der Waals surface area contributed by atoms with Crippen LogP contribution < -0.4 is 10.5 Å². The topological polar surface area (TPSA) is 128 Å². The minimum absolute atomic E-state index is 0.00340. The molecule has 0 aliphatic rings. The molecule has 12 heteroatoms. The number of sulfonamides is 1. The van der Waals surface area contributed by atoms with Gasteiger partial charge in [-0.05, 0) is 47.5 Å². The number of alkyl halides is 3. The zero-order chi connectivity index (χ0) is 25.9. The molecule has 0 saturated carbocycles. The zero-order valence-electron chi connectivity index (χ0n) is 18.5. The van der Waals surface area contributed by atoms with E-state index in [9.17, 15) is 26.4 Å². The molecule has 0 unspecified atom stereocenters. The van der Waals surface area contributed by atoms with Gasteiger partial charge in [-0.15, -0.1) is 10.2 Å². The molecule has 1 aromatic heterocycles. The summed E-state index contributed by atoms with van der Waals surface area (Å²) in [7, 11) is -3.87. The van der Waals surface area contributed by atoms with E-state index in [-0.39, 0.29) is 40.8 Å². The van der Waals surface area contributed by atoms with Crippen molar-refractivity contribution in [2.75, 3.05) is 6.54 Å². The van der Waals surface area contributed by atoms with E-state index in [1.165, 1.54) is 36.4 Å². The Morgan fingerprint density at radius 2 is 1.50 bits per heavy atom. The predicted molar refractivity (Wildman–Crippen MR) is 125 cm³/mol. The molecule has 0 bridgehead atoms. The number of carbonyl (C=O) groups is 1. The van der Waals surface area contributed by atoms with Gasteiger partial charge in [-0.25, -0.2) is 13.1 Å². The van der Waals surface area contributed by atoms with E-state index in [0.29, 0.717) is 11.1 Å². The van der Waals surface area contributed by atoms with Gasteiger partial charge >= 0.3 is 6.18 Å². The highest BCUT2D eigenvalue weighted by atomic mass is 32.2. The molecule has 0 saturated heterocycles. The molecular weight excluding hydrogens is 497 g/mol. The van der Waals surface area contributed by atoms with Crippen LogP contribution in [-0.4, -0.2) is 31.1 Å². The van der Waals surface area contributed by atoms with Crippen LogP contribution in [0.5, 0.6) is 0 Å². The minimum atomic E-state index is -4.61. The van der Waals surface area contributed by atoms with Gasteiger partial charge in [-0.1, -0.05) is 36.4 Å². The fourth-order valence-corrected chi connectivity index (χ4v) is 4.44. The fourth-order valence-electron chi connectivity index (χ4n) is 3.41. The maximum absolute atomic E-state index is 13.8.